The Morgan fingerprint density at radius 1 is 1.39 bits per heavy atom. The van der Waals surface area contributed by atoms with Crippen molar-refractivity contribution in [2.45, 2.75) is 19.8 Å². The number of aliphatic hydroxyl groups is 1. The first-order valence-electron chi connectivity index (χ1n) is 5.99. The maximum atomic E-state index is 11.8. The van der Waals surface area contributed by atoms with Crippen LogP contribution >= 0.6 is 0 Å². The molecule has 1 unspecified atom stereocenters. The van der Waals surface area contributed by atoms with Gasteiger partial charge in [-0.05, 0) is 30.5 Å². The van der Waals surface area contributed by atoms with Gasteiger partial charge in [0.25, 0.3) is 5.91 Å². The van der Waals surface area contributed by atoms with E-state index in [-0.39, 0.29) is 29.6 Å². The molecule has 0 heterocycles. The van der Waals surface area contributed by atoms with Crippen LogP contribution in [0.15, 0.2) is 18.2 Å². The highest BCUT2D eigenvalue weighted by Crippen LogP contribution is 2.21. The van der Waals surface area contributed by atoms with E-state index in [0.717, 1.165) is 6.42 Å². The molecule has 18 heavy (non-hydrogen) atoms. The summed E-state index contributed by atoms with van der Waals surface area (Å²) in [6, 6.07) is 3.81. The van der Waals surface area contributed by atoms with Crippen LogP contribution in [-0.4, -0.2) is 34.4 Å². The molecule has 5 nitrogen and oxygen atoms in total. The van der Waals surface area contributed by atoms with E-state index in [1.54, 1.807) is 0 Å². The fourth-order valence-corrected chi connectivity index (χ4v) is 1.67. The Hall–Kier alpha value is -1.75. The van der Waals surface area contributed by atoms with E-state index in [0.29, 0.717) is 13.0 Å². The van der Waals surface area contributed by atoms with Crippen LogP contribution in [0.4, 0.5) is 0 Å². The SMILES string of the molecule is CCC(CCO)CNC(=O)c1cc(O)ccc1O. The van der Waals surface area contributed by atoms with E-state index in [9.17, 15) is 15.0 Å². The topological polar surface area (TPSA) is 89.8 Å². The highest BCUT2D eigenvalue weighted by atomic mass is 16.3. The number of amides is 1. The fourth-order valence-electron chi connectivity index (χ4n) is 1.67. The van der Waals surface area contributed by atoms with E-state index in [1.807, 2.05) is 6.92 Å². The average molecular weight is 253 g/mol. The maximum Gasteiger partial charge on any atom is 0.255 e. The van der Waals surface area contributed by atoms with Crippen LogP contribution in [0, 0.1) is 5.92 Å². The summed E-state index contributed by atoms with van der Waals surface area (Å²) in [4.78, 5) is 11.8. The Labute approximate surface area is 106 Å². The van der Waals surface area contributed by atoms with Gasteiger partial charge in [-0.1, -0.05) is 13.3 Å². The molecule has 0 spiro atoms. The van der Waals surface area contributed by atoms with Crippen molar-refractivity contribution in [3.8, 4) is 11.5 Å². The van der Waals surface area contributed by atoms with Gasteiger partial charge in [-0.3, -0.25) is 4.79 Å². The van der Waals surface area contributed by atoms with Crippen molar-refractivity contribution in [1.82, 2.24) is 5.32 Å². The summed E-state index contributed by atoms with van der Waals surface area (Å²) in [5.74, 6) is -0.459. The maximum absolute atomic E-state index is 11.8. The Morgan fingerprint density at radius 2 is 2.11 bits per heavy atom. The van der Waals surface area contributed by atoms with Crippen LogP contribution in [0.25, 0.3) is 0 Å². The highest BCUT2D eigenvalue weighted by molar-refractivity contribution is 5.97. The number of rotatable bonds is 6. The molecule has 1 aromatic rings. The fraction of sp³-hybridized carbons (Fsp3) is 0.462. The predicted octanol–water partition coefficient (Wildman–Crippen LogP) is 1.24. The highest BCUT2D eigenvalue weighted by Gasteiger charge is 2.13. The molecule has 1 atom stereocenters. The van der Waals surface area contributed by atoms with Crippen molar-refractivity contribution in [2.24, 2.45) is 5.92 Å². The normalized spacial score (nSPS) is 12.1. The molecule has 0 bridgehead atoms. The molecule has 0 aliphatic carbocycles. The van der Waals surface area contributed by atoms with E-state index in [1.165, 1.54) is 18.2 Å². The van der Waals surface area contributed by atoms with Crippen molar-refractivity contribution in [2.75, 3.05) is 13.2 Å². The quantitative estimate of drug-likeness (QED) is 0.574. The van der Waals surface area contributed by atoms with Gasteiger partial charge in [-0.2, -0.15) is 0 Å². The lowest BCUT2D eigenvalue weighted by molar-refractivity contribution is 0.0940. The summed E-state index contributed by atoms with van der Waals surface area (Å²) in [7, 11) is 0. The van der Waals surface area contributed by atoms with E-state index in [2.05, 4.69) is 5.32 Å². The Balaban J connectivity index is 2.62. The number of carbonyl (C=O) groups is 1. The smallest absolute Gasteiger partial charge is 0.255 e. The van der Waals surface area contributed by atoms with Crippen molar-refractivity contribution < 1.29 is 20.1 Å². The summed E-state index contributed by atoms with van der Waals surface area (Å²) >= 11 is 0. The number of carbonyl (C=O) groups excluding carboxylic acids is 1. The number of nitrogens with one attached hydrogen (secondary N) is 1. The van der Waals surface area contributed by atoms with Crippen LogP contribution in [0.2, 0.25) is 0 Å². The molecule has 0 aliphatic heterocycles. The number of phenolic OH excluding ortho intramolecular Hbond substituents is 2. The lowest BCUT2D eigenvalue weighted by Gasteiger charge is -2.14. The third-order valence-electron chi connectivity index (χ3n) is 2.89. The number of hydrogen-bond acceptors (Lipinski definition) is 4. The minimum Gasteiger partial charge on any atom is -0.508 e. The average Bonchev–Trinajstić information content (AvgIpc) is 2.37. The third kappa shape index (κ3) is 3.92. The second-order valence-corrected chi connectivity index (χ2v) is 4.20. The largest absolute Gasteiger partial charge is 0.508 e. The van der Waals surface area contributed by atoms with Crippen LogP contribution in [-0.2, 0) is 0 Å². The molecule has 0 aromatic heterocycles. The molecular formula is C13H19NO4. The number of phenols is 2. The Bertz CT molecular complexity index is 406. The lowest BCUT2D eigenvalue weighted by atomic mass is 10.0. The molecule has 0 saturated carbocycles. The monoisotopic (exact) mass is 253 g/mol. The number of aliphatic hydroxyl groups excluding tert-OH is 1. The van der Waals surface area contributed by atoms with Crippen molar-refractivity contribution in [3.63, 3.8) is 0 Å². The molecule has 1 rings (SSSR count). The van der Waals surface area contributed by atoms with Crippen LogP contribution in [0.3, 0.4) is 0 Å². The summed E-state index contributed by atoms with van der Waals surface area (Å²) in [5.41, 5.74) is 0.0499. The summed E-state index contributed by atoms with van der Waals surface area (Å²) in [6.45, 7) is 2.51. The predicted molar refractivity (Wildman–Crippen MR) is 67.6 cm³/mol. The van der Waals surface area contributed by atoms with Gasteiger partial charge in [0, 0.05) is 13.2 Å². The van der Waals surface area contributed by atoms with Gasteiger partial charge >= 0.3 is 0 Å². The minimum atomic E-state index is -0.431. The molecule has 5 heteroatoms. The van der Waals surface area contributed by atoms with Gasteiger partial charge in [0.1, 0.15) is 11.5 Å². The molecule has 0 saturated heterocycles. The zero-order valence-electron chi connectivity index (χ0n) is 10.4. The number of aromatic hydroxyl groups is 2. The zero-order valence-corrected chi connectivity index (χ0v) is 10.4. The van der Waals surface area contributed by atoms with E-state index in [4.69, 9.17) is 5.11 Å². The van der Waals surface area contributed by atoms with Gasteiger partial charge in [-0.15, -0.1) is 0 Å². The Kier molecular flexibility index (Phi) is 5.45. The van der Waals surface area contributed by atoms with Crippen LogP contribution < -0.4 is 5.32 Å². The molecular weight excluding hydrogens is 234 g/mol. The summed E-state index contributed by atoms with van der Waals surface area (Å²) in [6.07, 6.45) is 1.48. The molecule has 1 amide bonds. The molecule has 100 valence electrons. The molecule has 0 fully saturated rings. The first kappa shape index (κ1) is 14.3. The number of hydrogen-bond donors (Lipinski definition) is 4. The van der Waals surface area contributed by atoms with Crippen LogP contribution in [0.1, 0.15) is 30.1 Å². The lowest BCUT2D eigenvalue weighted by Crippen LogP contribution is -2.29. The molecule has 1 aromatic carbocycles. The first-order chi connectivity index (χ1) is 8.58. The van der Waals surface area contributed by atoms with E-state index >= 15 is 0 Å². The van der Waals surface area contributed by atoms with Crippen molar-refractivity contribution >= 4 is 5.91 Å². The second kappa shape index (κ2) is 6.86. The van der Waals surface area contributed by atoms with Crippen LogP contribution in [0.5, 0.6) is 11.5 Å². The first-order valence-corrected chi connectivity index (χ1v) is 5.99. The zero-order chi connectivity index (χ0) is 13.5. The van der Waals surface area contributed by atoms with Crippen molar-refractivity contribution in [1.29, 1.82) is 0 Å². The molecule has 4 N–H and O–H groups in total. The van der Waals surface area contributed by atoms with E-state index < -0.39 is 5.91 Å². The second-order valence-electron chi connectivity index (χ2n) is 4.20. The Morgan fingerprint density at radius 3 is 2.72 bits per heavy atom. The van der Waals surface area contributed by atoms with Gasteiger partial charge < -0.3 is 20.6 Å². The summed E-state index contributed by atoms with van der Waals surface area (Å²) < 4.78 is 0. The molecule has 0 aliphatic rings. The van der Waals surface area contributed by atoms with Gasteiger partial charge in [-0.25, -0.2) is 0 Å². The number of benzene rings is 1. The van der Waals surface area contributed by atoms with Gasteiger partial charge in [0.2, 0.25) is 0 Å². The van der Waals surface area contributed by atoms with Gasteiger partial charge in [0.05, 0.1) is 5.56 Å². The minimum absolute atomic E-state index is 0.0499. The standard InChI is InChI=1S/C13H19NO4/c1-2-9(5-6-15)8-14-13(18)11-7-10(16)3-4-12(11)17/h3-4,7,9,15-17H,2,5-6,8H2,1H3,(H,14,18). The van der Waals surface area contributed by atoms with Gasteiger partial charge in [0.15, 0.2) is 0 Å². The molecule has 0 radical (unpaired) electrons. The third-order valence-corrected chi connectivity index (χ3v) is 2.89. The van der Waals surface area contributed by atoms with Crippen molar-refractivity contribution in [3.05, 3.63) is 23.8 Å². The summed E-state index contributed by atoms with van der Waals surface area (Å²) in [5, 5.41) is 30.3.